The van der Waals surface area contributed by atoms with E-state index in [0.717, 1.165) is 5.69 Å². The first-order chi connectivity index (χ1) is 10.6. The predicted octanol–water partition coefficient (Wildman–Crippen LogP) is 3.06. The Morgan fingerprint density at radius 2 is 2.14 bits per heavy atom. The number of carbonyl (C=O) groups excluding carboxylic acids is 1. The number of carbonyl (C=O) groups is 2. The summed E-state index contributed by atoms with van der Waals surface area (Å²) in [6.07, 6.45) is 0.564. The third-order valence-corrected chi connectivity index (χ3v) is 4.07. The number of hydrogen-bond acceptors (Lipinski definition) is 4. The number of nitrogens with one attached hydrogen (secondary N) is 1. The van der Waals surface area contributed by atoms with Crippen LogP contribution in [0.25, 0.3) is 0 Å². The molecule has 0 aliphatic rings. The Hall–Kier alpha value is -1.92. The van der Waals surface area contributed by atoms with Gasteiger partial charge in [-0.15, -0.1) is 11.3 Å². The molecule has 0 radical (unpaired) electrons. The predicted molar refractivity (Wildman–Crippen MR) is 85.0 cm³/mol. The lowest BCUT2D eigenvalue weighted by Crippen LogP contribution is -2.30. The lowest BCUT2D eigenvalue weighted by molar-refractivity contribution is -0.137. The van der Waals surface area contributed by atoms with Crippen molar-refractivity contribution in [2.75, 3.05) is 0 Å². The van der Waals surface area contributed by atoms with Crippen molar-refractivity contribution in [1.82, 2.24) is 10.3 Å². The Morgan fingerprint density at radius 3 is 2.77 bits per heavy atom. The summed E-state index contributed by atoms with van der Waals surface area (Å²) in [6.45, 7) is 0. The number of rotatable bonds is 7. The van der Waals surface area contributed by atoms with E-state index in [-0.39, 0.29) is 18.7 Å². The Morgan fingerprint density at radius 1 is 1.36 bits per heavy atom. The summed E-state index contributed by atoms with van der Waals surface area (Å²) in [5.74, 6) is -1.22. The van der Waals surface area contributed by atoms with Crippen LogP contribution in [0.3, 0.4) is 0 Å². The molecule has 22 heavy (non-hydrogen) atoms. The summed E-state index contributed by atoms with van der Waals surface area (Å²) >= 11 is 7.57. The fraction of sp³-hybridized carbons (Fsp3) is 0.267. The quantitative estimate of drug-likeness (QED) is 0.813. The Labute approximate surface area is 137 Å². The number of carboxylic acids is 1. The van der Waals surface area contributed by atoms with Gasteiger partial charge in [-0.1, -0.05) is 29.8 Å². The maximum atomic E-state index is 12.0. The van der Waals surface area contributed by atoms with Crippen LogP contribution in [-0.4, -0.2) is 22.0 Å². The van der Waals surface area contributed by atoms with Crippen molar-refractivity contribution < 1.29 is 14.7 Å². The van der Waals surface area contributed by atoms with E-state index in [9.17, 15) is 9.59 Å². The molecule has 5 nitrogen and oxygen atoms in total. The highest BCUT2D eigenvalue weighted by atomic mass is 35.5. The number of halogens is 1. The van der Waals surface area contributed by atoms with Gasteiger partial charge in [-0.25, -0.2) is 4.98 Å². The van der Waals surface area contributed by atoms with Gasteiger partial charge in [0.1, 0.15) is 0 Å². The molecule has 0 fully saturated rings. The number of hydrogen-bond donors (Lipinski definition) is 2. The molecule has 2 rings (SSSR count). The van der Waals surface area contributed by atoms with Crippen molar-refractivity contribution in [2.24, 2.45) is 0 Å². The molecule has 0 bridgehead atoms. The molecule has 1 aromatic heterocycles. The smallest absolute Gasteiger partial charge is 0.305 e. The molecule has 2 aromatic rings. The van der Waals surface area contributed by atoms with Crippen LogP contribution in [0.15, 0.2) is 35.2 Å². The number of thiazole rings is 1. The maximum Gasteiger partial charge on any atom is 0.305 e. The van der Waals surface area contributed by atoms with Crippen molar-refractivity contribution in [3.8, 4) is 0 Å². The highest BCUT2D eigenvalue weighted by Gasteiger charge is 2.20. The molecule has 116 valence electrons. The fourth-order valence-corrected chi connectivity index (χ4v) is 2.90. The third-order valence-electron chi connectivity index (χ3n) is 3.09. The largest absolute Gasteiger partial charge is 0.481 e. The Bertz CT molecular complexity index is 646. The van der Waals surface area contributed by atoms with Gasteiger partial charge in [0.2, 0.25) is 5.91 Å². The Kier molecular flexibility index (Phi) is 5.91. The van der Waals surface area contributed by atoms with Gasteiger partial charge < -0.3 is 10.4 Å². The molecule has 1 heterocycles. The van der Waals surface area contributed by atoms with Gasteiger partial charge in [0, 0.05) is 16.8 Å². The molecule has 0 aliphatic carbocycles. The minimum absolute atomic E-state index is 0.216. The van der Waals surface area contributed by atoms with E-state index in [4.69, 9.17) is 16.7 Å². The highest BCUT2D eigenvalue weighted by molar-refractivity contribution is 7.07. The zero-order valence-electron chi connectivity index (χ0n) is 11.7. The molecule has 0 unspecified atom stereocenters. The first-order valence-corrected chi connectivity index (χ1v) is 8.01. The number of aromatic nitrogens is 1. The zero-order valence-corrected chi connectivity index (χ0v) is 13.2. The van der Waals surface area contributed by atoms with Gasteiger partial charge in [0.05, 0.1) is 23.7 Å². The second kappa shape index (κ2) is 7.91. The summed E-state index contributed by atoms with van der Waals surface area (Å²) < 4.78 is 0. The van der Waals surface area contributed by atoms with Crippen molar-refractivity contribution >= 4 is 34.8 Å². The van der Waals surface area contributed by atoms with Crippen LogP contribution in [-0.2, 0) is 16.0 Å². The standard InChI is InChI=1S/C15H15ClN2O3S/c16-12-4-2-1-3-11(12)13(7-15(20)21)18-14(19)6-5-10-8-22-9-17-10/h1-4,8-9,13H,5-7H2,(H,18,19)(H,20,21)/t13-/m1/s1. The summed E-state index contributed by atoms with van der Waals surface area (Å²) in [7, 11) is 0. The number of carboxylic acid groups (broad SMARTS) is 1. The molecule has 0 saturated heterocycles. The van der Waals surface area contributed by atoms with Crippen molar-refractivity contribution in [2.45, 2.75) is 25.3 Å². The zero-order chi connectivity index (χ0) is 15.9. The Balaban J connectivity index is 2.01. The summed E-state index contributed by atoms with van der Waals surface area (Å²) in [6, 6.07) is 6.27. The SMILES string of the molecule is O=C(O)C[C@@H](NC(=O)CCc1cscn1)c1ccccc1Cl. The van der Waals surface area contributed by atoms with Gasteiger partial charge in [0.25, 0.3) is 0 Å². The van der Waals surface area contributed by atoms with Crippen LogP contribution in [0.2, 0.25) is 5.02 Å². The monoisotopic (exact) mass is 338 g/mol. The van der Waals surface area contributed by atoms with Gasteiger partial charge in [-0.2, -0.15) is 0 Å². The minimum atomic E-state index is -0.996. The van der Waals surface area contributed by atoms with Gasteiger partial charge in [-0.05, 0) is 18.1 Å². The van der Waals surface area contributed by atoms with Gasteiger partial charge >= 0.3 is 5.97 Å². The second-order valence-corrected chi connectivity index (χ2v) is 5.85. The highest BCUT2D eigenvalue weighted by Crippen LogP contribution is 2.25. The molecule has 1 amide bonds. The van der Waals surface area contributed by atoms with Crippen LogP contribution >= 0.6 is 22.9 Å². The van der Waals surface area contributed by atoms with Crippen LogP contribution < -0.4 is 5.32 Å². The summed E-state index contributed by atoms with van der Waals surface area (Å²) in [5, 5.41) is 14.1. The van der Waals surface area contributed by atoms with E-state index in [0.29, 0.717) is 17.0 Å². The molecule has 0 aliphatic heterocycles. The van der Waals surface area contributed by atoms with E-state index in [1.807, 2.05) is 5.38 Å². The normalized spacial score (nSPS) is 11.9. The average molecular weight is 339 g/mol. The van der Waals surface area contributed by atoms with Gasteiger partial charge in [0.15, 0.2) is 0 Å². The number of benzene rings is 1. The van der Waals surface area contributed by atoms with Crippen LogP contribution in [0, 0.1) is 0 Å². The minimum Gasteiger partial charge on any atom is -0.481 e. The van der Waals surface area contributed by atoms with E-state index in [2.05, 4.69) is 10.3 Å². The summed E-state index contributed by atoms with van der Waals surface area (Å²) in [5.41, 5.74) is 3.17. The topological polar surface area (TPSA) is 79.3 Å². The molecule has 7 heteroatoms. The number of amides is 1. The van der Waals surface area contributed by atoms with E-state index in [1.54, 1.807) is 29.8 Å². The summed E-state index contributed by atoms with van der Waals surface area (Å²) in [4.78, 5) is 27.2. The number of nitrogens with zero attached hydrogens (tertiary/aromatic N) is 1. The number of aliphatic carboxylic acids is 1. The molecular weight excluding hydrogens is 324 g/mol. The molecule has 0 spiro atoms. The molecule has 1 aromatic carbocycles. The maximum absolute atomic E-state index is 12.0. The van der Waals surface area contributed by atoms with Crippen LogP contribution in [0.4, 0.5) is 0 Å². The molecule has 0 saturated carbocycles. The third kappa shape index (κ3) is 4.82. The second-order valence-electron chi connectivity index (χ2n) is 4.72. The van der Waals surface area contributed by atoms with Crippen molar-refractivity contribution in [1.29, 1.82) is 0 Å². The first-order valence-electron chi connectivity index (χ1n) is 6.69. The van der Waals surface area contributed by atoms with Crippen molar-refractivity contribution in [3.05, 3.63) is 51.4 Å². The van der Waals surface area contributed by atoms with Crippen molar-refractivity contribution in [3.63, 3.8) is 0 Å². The molecule has 1 atom stereocenters. The van der Waals surface area contributed by atoms with E-state index in [1.165, 1.54) is 11.3 Å². The van der Waals surface area contributed by atoms with Gasteiger partial charge in [-0.3, -0.25) is 9.59 Å². The first kappa shape index (κ1) is 16.5. The molecular formula is C15H15ClN2O3S. The molecule has 2 N–H and O–H groups in total. The lowest BCUT2D eigenvalue weighted by Gasteiger charge is -2.18. The van der Waals surface area contributed by atoms with E-state index >= 15 is 0 Å². The van der Waals surface area contributed by atoms with Crippen LogP contribution in [0.1, 0.15) is 30.1 Å². The average Bonchev–Trinajstić information content (AvgIpc) is 2.98. The van der Waals surface area contributed by atoms with Crippen LogP contribution in [0.5, 0.6) is 0 Å². The lowest BCUT2D eigenvalue weighted by atomic mass is 10.0. The van der Waals surface area contributed by atoms with E-state index < -0.39 is 12.0 Å². The fourth-order valence-electron chi connectivity index (χ4n) is 2.04. The number of aryl methyl sites for hydroxylation is 1.